The van der Waals surface area contributed by atoms with Gasteiger partial charge in [-0.25, -0.2) is 15.0 Å². The maximum atomic E-state index is 10.7. The zero-order valence-electron chi connectivity index (χ0n) is 30.6. The second-order valence-electron chi connectivity index (χ2n) is 14.3. The number of para-hydroxylation sites is 3. The maximum Gasteiger partial charge on any atom is 0.0999 e. The molecule has 0 fully saturated rings. The molecular weight excluding hydrogens is 695 g/mol. The first kappa shape index (κ1) is 32.5. The van der Waals surface area contributed by atoms with E-state index < -0.39 is 0 Å². The topological polar surface area (TPSA) is 67.4 Å². The molecule has 57 heavy (non-hydrogen) atoms. The number of hydrogen-bond acceptors (Lipinski definition) is 4. The maximum absolute atomic E-state index is 10.7. The fourth-order valence-corrected chi connectivity index (χ4v) is 8.38. The summed E-state index contributed by atoms with van der Waals surface area (Å²) in [5, 5.41) is 15.8. The number of aromatic nitrogens is 4. The molecule has 0 aliphatic heterocycles. The first-order valence-electron chi connectivity index (χ1n) is 19.0. The number of nitriles is 1. The molecule has 0 saturated heterocycles. The molecule has 0 saturated carbocycles. The summed E-state index contributed by atoms with van der Waals surface area (Å²) in [7, 11) is 0. The van der Waals surface area contributed by atoms with Crippen LogP contribution in [0, 0.1) is 11.3 Å². The van der Waals surface area contributed by atoms with Gasteiger partial charge in [0.2, 0.25) is 0 Å². The molecule has 3 heterocycles. The second-order valence-corrected chi connectivity index (χ2v) is 14.3. The largest absolute Gasteiger partial charge is 0.309 e. The standard InChI is InChI=1S/C52H31N5/c53-32-38-31-44-52(56-51(36-15-5-2-6-16-36)50(55-44)35-13-3-1-4-14-35)48-42-19-7-10-20-43(42)54-49(47(38)48)37-25-23-33(24-26-37)34-27-29-39(30-28-34)57-45-21-11-8-17-40(45)41-18-9-12-22-46(41)57/h1-31H. The quantitative estimate of drug-likeness (QED) is 0.166. The van der Waals surface area contributed by atoms with Crippen LogP contribution in [-0.4, -0.2) is 19.5 Å². The van der Waals surface area contributed by atoms with Crippen molar-refractivity contribution in [2.75, 3.05) is 0 Å². The van der Waals surface area contributed by atoms with Crippen molar-refractivity contribution in [1.29, 1.82) is 5.26 Å². The number of benzene rings is 8. The molecule has 0 spiro atoms. The summed E-state index contributed by atoms with van der Waals surface area (Å²) in [5.74, 6) is 0. The summed E-state index contributed by atoms with van der Waals surface area (Å²) in [5.41, 5.74) is 13.6. The molecule has 0 atom stereocenters. The zero-order valence-corrected chi connectivity index (χ0v) is 30.6. The molecule has 5 nitrogen and oxygen atoms in total. The van der Waals surface area contributed by atoms with Crippen molar-refractivity contribution in [3.05, 3.63) is 194 Å². The summed E-state index contributed by atoms with van der Waals surface area (Å²) >= 11 is 0. The van der Waals surface area contributed by atoms with Crippen molar-refractivity contribution < 1.29 is 0 Å². The highest BCUT2D eigenvalue weighted by Gasteiger charge is 2.22. The Hall–Kier alpha value is -7.94. The highest BCUT2D eigenvalue weighted by Crippen LogP contribution is 2.41. The Morgan fingerprint density at radius 3 is 1.47 bits per heavy atom. The predicted molar refractivity (Wildman–Crippen MR) is 233 cm³/mol. The first-order valence-corrected chi connectivity index (χ1v) is 19.0. The first-order chi connectivity index (χ1) is 28.2. The zero-order chi connectivity index (χ0) is 37.9. The highest BCUT2D eigenvalue weighted by molar-refractivity contribution is 6.23. The van der Waals surface area contributed by atoms with Crippen LogP contribution in [0.15, 0.2) is 188 Å². The number of nitrogens with zero attached hydrogens (tertiary/aromatic N) is 5. The van der Waals surface area contributed by atoms with Crippen LogP contribution in [0.1, 0.15) is 5.56 Å². The minimum atomic E-state index is 0.510. The summed E-state index contributed by atoms with van der Waals surface area (Å²) in [4.78, 5) is 15.9. The van der Waals surface area contributed by atoms with Gasteiger partial charge >= 0.3 is 0 Å². The Morgan fingerprint density at radius 1 is 0.386 bits per heavy atom. The van der Waals surface area contributed by atoms with Gasteiger partial charge in [-0.3, -0.25) is 0 Å². The summed E-state index contributed by atoms with van der Waals surface area (Å²) in [6.07, 6.45) is 0. The van der Waals surface area contributed by atoms with Crippen LogP contribution in [0.2, 0.25) is 0 Å². The average Bonchev–Trinajstić information content (AvgIpc) is 3.63. The molecule has 11 rings (SSSR count). The fraction of sp³-hybridized carbons (Fsp3) is 0. The normalized spacial score (nSPS) is 11.5. The van der Waals surface area contributed by atoms with E-state index in [1.165, 1.54) is 21.8 Å². The van der Waals surface area contributed by atoms with Gasteiger partial charge in [-0.1, -0.05) is 152 Å². The number of rotatable bonds is 5. The number of hydrogen-bond donors (Lipinski definition) is 0. The van der Waals surface area contributed by atoms with E-state index in [1.54, 1.807) is 0 Å². The third kappa shape index (κ3) is 5.27. The van der Waals surface area contributed by atoms with E-state index in [1.807, 2.05) is 60.7 Å². The van der Waals surface area contributed by atoms with Crippen molar-refractivity contribution >= 4 is 54.5 Å². The van der Waals surface area contributed by atoms with Crippen LogP contribution >= 0.6 is 0 Å². The van der Waals surface area contributed by atoms with E-state index in [4.69, 9.17) is 15.0 Å². The molecule has 5 heteroatoms. The number of fused-ring (bicyclic) bond motifs is 8. The van der Waals surface area contributed by atoms with Gasteiger partial charge in [0.05, 0.1) is 56.3 Å². The minimum absolute atomic E-state index is 0.510. The van der Waals surface area contributed by atoms with Gasteiger partial charge in [0.15, 0.2) is 0 Å². The van der Waals surface area contributed by atoms with E-state index in [0.717, 1.165) is 77.8 Å². The molecule has 0 amide bonds. The van der Waals surface area contributed by atoms with Crippen LogP contribution < -0.4 is 0 Å². The van der Waals surface area contributed by atoms with E-state index in [2.05, 4.69) is 138 Å². The Labute approximate surface area is 328 Å². The third-order valence-corrected chi connectivity index (χ3v) is 11.0. The summed E-state index contributed by atoms with van der Waals surface area (Å²) in [6.45, 7) is 0. The second kappa shape index (κ2) is 13.1. The smallest absolute Gasteiger partial charge is 0.0999 e. The van der Waals surface area contributed by atoms with Crippen molar-refractivity contribution in [2.24, 2.45) is 0 Å². The highest BCUT2D eigenvalue weighted by atomic mass is 15.0. The van der Waals surface area contributed by atoms with Crippen LogP contribution in [0.3, 0.4) is 0 Å². The van der Waals surface area contributed by atoms with Gasteiger partial charge < -0.3 is 4.57 Å². The SMILES string of the molecule is N#Cc1cc2nc(-c3ccccc3)c(-c3ccccc3)nc2c2c1c(-c1ccc(-c3ccc(-n4c5ccccc5c5ccccc54)cc3)cc1)nc1ccccc12. The van der Waals surface area contributed by atoms with Gasteiger partial charge in [0, 0.05) is 49.3 Å². The molecule has 264 valence electrons. The molecule has 3 aromatic heterocycles. The third-order valence-electron chi connectivity index (χ3n) is 11.0. The molecule has 0 N–H and O–H groups in total. The fourth-order valence-electron chi connectivity index (χ4n) is 8.38. The molecule has 11 aromatic rings. The average molecular weight is 726 g/mol. The lowest BCUT2D eigenvalue weighted by molar-refractivity contribution is 1.18. The van der Waals surface area contributed by atoms with Crippen molar-refractivity contribution in [3.8, 4) is 56.7 Å². The van der Waals surface area contributed by atoms with Gasteiger partial charge in [-0.05, 0) is 47.5 Å². The Balaban J connectivity index is 1.06. The van der Waals surface area contributed by atoms with E-state index in [9.17, 15) is 5.26 Å². The van der Waals surface area contributed by atoms with Gasteiger partial charge in [0.25, 0.3) is 0 Å². The van der Waals surface area contributed by atoms with Crippen molar-refractivity contribution in [1.82, 2.24) is 19.5 Å². The lowest BCUT2D eigenvalue weighted by Gasteiger charge is -2.16. The van der Waals surface area contributed by atoms with Gasteiger partial charge in [-0.2, -0.15) is 5.26 Å². The van der Waals surface area contributed by atoms with Gasteiger partial charge in [0.1, 0.15) is 0 Å². The summed E-state index contributed by atoms with van der Waals surface area (Å²) < 4.78 is 2.33. The molecule has 0 unspecified atom stereocenters. The van der Waals surface area contributed by atoms with E-state index in [0.29, 0.717) is 11.1 Å². The van der Waals surface area contributed by atoms with Crippen LogP contribution in [0.25, 0.3) is 105 Å². The molecular formula is C52H31N5. The minimum Gasteiger partial charge on any atom is -0.309 e. The van der Waals surface area contributed by atoms with Crippen molar-refractivity contribution in [2.45, 2.75) is 0 Å². The molecule has 0 radical (unpaired) electrons. The Bertz CT molecular complexity index is 3330. The molecule has 0 aliphatic rings. The van der Waals surface area contributed by atoms with Crippen LogP contribution in [0.5, 0.6) is 0 Å². The lowest BCUT2D eigenvalue weighted by Crippen LogP contribution is -1.99. The van der Waals surface area contributed by atoms with Crippen molar-refractivity contribution in [3.63, 3.8) is 0 Å². The van der Waals surface area contributed by atoms with E-state index >= 15 is 0 Å². The molecule has 8 aromatic carbocycles. The summed E-state index contributed by atoms with van der Waals surface area (Å²) in [6, 6.07) is 67.2. The van der Waals surface area contributed by atoms with E-state index in [-0.39, 0.29) is 0 Å². The van der Waals surface area contributed by atoms with Gasteiger partial charge in [-0.15, -0.1) is 0 Å². The lowest BCUT2D eigenvalue weighted by atomic mass is 9.93. The molecule has 0 bridgehead atoms. The predicted octanol–water partition coefficient (Wildman–Crippen LogP) is 13.0. The molecule has 0 aliphatic carbocycles. The Kier molecular flexibility index (Phi) is 7.48. The number of pyridine rings is 1. The van der Waals surface area contributed by atoms with Crippen LogP contribution in [0.4, 0.5) is 0 Å². The van der Waals surface area contributed by atoms with Crippen LogP contribution in [-0.2, 0) is 0 Å². The Morgan fingerprint density at radius 2 is 0.860 bits per heavy atom. The monoisotopic (exact) mass is 725 g/mol.